The highest BCUT2D eigenvalue weighted by Gasteiger charge is 2.38. The Morgan fingerprint density at radius 2 is 1.74 bits per heavy atom. The van der Waals surface area contributed by atoms with Crippen LogP contribution in [0.25, 0.3) is 5.57 Å². The number of fused-ring (bicyclic) bond motifs is 1. The number of morpholine rings is 1. The minimum atomic E-state index is -4.56. The molecule has 1 saturated heterocycles. The van der Waals surface area contributed by atoms with Crippen molar-refractivity contribution in [2.24, 2.45) is 4.99 Å². The Kier molecular flexibility index (Phi) is 7.62. The summed E-state index contributed by atoms with van der Waals surface area (Å²) in [7, 11) is 1.80. The van der Waals surface area contributed by atoms with E-state index >= 15 is 0 Å². The molecule has 0 unspecified atom stereocenters. The fourth-order valence-corrected chi connectivity index (χ4v) is 5.62. The summed E-state index contributed by atoms with van der Waals surface area (Å²) < 4.78 is 51.3. The van der Waals surface area contributed by atoms with Gasteiger partial charge in [-0.25, -0.2) is 15.0 Å². The lowest BCUT2D eigenvalue weighted by atomic mass is 10.0. The minimum Gasteiger partial charge on any atom is -0.404 e. The fraction of sp³-hybridized carbons (Fsp3) is 0.258. The first-order chi connectivity index (χ1) is 22.3. The molecule has 2 N–H and O–H groups in total. The topological polar surface area (TPSA) is 124 Å². The van der Waals surface area contributed by atoms with E-state index in [1.165, 1.54) is 12.3 Å². The van der Waals surface area contributed by atoms with E-state index in [9.17, 15) is 18.0 Å². The SMILES string of the molecule is CN1CC(c2nnc(N[C@H]3N=C(c4ccccc4)c4ccccc4NC3=O)o2)=C(N2CCOCC2)N1c1ccc(C(F)(F)F)nc1. The number of hydrazine groups is 1. The highest BCUT2D eigenvalue weighted by molar-refractivity contribution is 6.19. The van der Waals surface area contributed by atoms with Crippen molar-refractivity contribution in [3.8, 4) is 0 Å². The lowest BCUT2D eigenvalue weighted by molar-refractivity contribution is -0.141. The summed E-state index contributed by atoms with van der Waals surface area (Å²) in [6.07, 6.45) is -4.46. The van der Waals surface area contributed by atoms with Crippen molar-refractivity contribution >= 4 is 34.6 Å². The van der Waals surface area contributed by atoms with Crippen LogP contribution in [0.1, 0.15) is 22.7 Å². The normalized spacial score (nSPS) is 19.1. The van der Waals surface area contributed by atoms with Gasteiger partial charge in [-0.15, -0.1) is 5.10 Å². The third-order valence-corrected chi connectivity index (χ3v) is 7.73. The van der Waals surface area contributed by atoms with Crippen molar-refractivity contribution in [3.63, 3.8) is 0 Å². The van der Waals surface area contributed by atoms with Crippen LogP contribution in [0.15, 0.2) is 88.2 Å². The fourth-order valence-electron chi connectivity index (χ4n) is 5.62. The monoisotopic (exact) mass is 631 g/mol. The molecule has 1 fully saturated rings. The number of hydrogen-bond donors (Lipinski definition) is 2. The zero-order valence-electron chi connectivity index (χ0n) is 24.5. The number of halogens is 3. The Balaban J connectivity index is 1.22. The summed E-state index contributed by atoms with van der Waals surface area (Å²) in [6, 6.07) is 19.3. The largest absolute Gasteiger partial charge is 0.433 e. The number of nitrogens with zero attached hydrogens (tertiary/aromatic N) is 7. The number of para-hydroxylation sites is 1. The van der Waals surface area contributed by atoms with Crippen molar-refractivity contribution in [2.45, 2.75) is 12.3 Å². The van der Waals surface area contributed by atoms with Crippen molar-refractivity contribution < 1.29 is 27.1 Å². The number of aliphatic imine (C=N–C) groups is 1. The molecule has 1 atom stereocenters. The highest BCUT2D eigenvalue weighted by Crippen LogP contribution is 2.37. The van der Waals surface area contributed by atoms with Gasteiger partial charge < -0.3 is 24.7 Å². The third kappa shape index (κ3) is 5.65. The van der Waals surface area contributed by atoms with Crippen LogP contribution in [0.2, 0.25) is 0 Å². The molecule has 5 heterocycles. The molecule has 2 aromatic heterocycles. The van der Waals surface area contributed by atoms with Crippen molar-refractivity contribution in [3.05, 3.63) is 101 Å². The number of ether oxygens (including phenoxy) is 1. The van der Waals surface area contributed by atoms with E-state index in [1.54, 1.807) is 12.1 Å². The molecule has 0 bridgehead atoms. The van der Waals surface area contributed by atoms with Gasteiger partial charge in [0.2, 0.25) is 6.17 Å². The van der Waals surface area contributed by atoms with Crippen LogP contribution < -0.4 is 15.6 Å². The second kappa shape index (κ2) is 11.9. The quantitative estimate of drug-likeness (QED) is 0.322. The predicted molar refractivity (Wildman–Crippen MR) is 163 cm³/mol. The molecule has 46 heavy (non-hydrogen) atoms. The number of likely N-dealkylation sites (N-methyl/N-ethyl adjacent to an activating group) is 1. The number of carbonyl (C=O) groups excluding carboxylic acids is 1. The number of benzodiazepines with no additional fused rings is 1. The summed E-state index contributed by atoms with van der Waals surface area (Å²) in [5.41, 5.74) is 2.94. The van der Waals surface area contributed by atoms with Crippen LogP contribution in [0.4, 0.5) is 30.6 Å². The summed E-state index contributed by atoms with van der Waals surface area (Å²) in [6.45, 7) is 2.33. The van der Waals surface area contributed by atoms with Gasteiger partial charge in [-0.2, -0.15) is 13.2 Å². The van der Waals surface area contributed by atoms with Gasteiger partial charge in [0, 0.05) is 31.3 Å². The van der Waals surface area contributed by atoms with E-state index in [1.807, 2.05) is 59.6 Å². The van der Waals surface area contributed by atoms with Crippen LogP contribution in [-0.4, -0.2) is 82.8 Å². The van der Waals surface area contributed by atoms with Gasteiger partial charge in [0.1, 0.15) is 11.5 Å². The van der Waals surface area contributed by atoms with Crippen LogP contribution in [0.3, 0.4) is 0 Å². The first-order valence-electron chi connectivity index (χ1n) is 14.5. The van der Waals surface area contributed by atoms with Gasteiger partial charge in [-0.1, -0.05) is 53.6 Å². The van der Waals surface area contributed by atoms with E-state index in [4.69, 9.17) is 14.1 Å². The number of rotatable bonds is 6. The Morgan fingerprint density at radius 1 is 0.978 bits per heavy atom. The number of anilines is 3. The Labute approximate surface area is 261 Å². The van der Waals surface area contributed by atoms with E-state index in [-0.39, 0.29) is 11.9 Å². The van der Waals surface area contributed by atoms with Crippen molar-refractivity contribution in [1.29, 1.82) is 0 Å². The molecule has 0 spiro atoms. The van der Waals surface area contributed by atoms with Gasteiger partial charge in [0.15, 0.2) is 0 Å². The average molecular weight is 632 g/mol. The molecular weight excluding hydrogens is 603 g/mol. The van der Waals surface area contributed by atoms with Crippen molar-refractivity contribution in [2.75, 3.05) is 55.5 Å². The zero-order chi connectivity index (χ0) is 31.8. The summed E-state index contributed by atoms with van der Waals surface area (Å²) in [5.74, 6) is 0.435. The molecule has 236 valence electrons. The molecule has 12 nitrogen and oxygen atoms in total. The molecule has 0 radical (unpaired) electrons. The van der Waals surface area contributed by atoms with E-state index in [0.29, 0.717) is 61.3 Å². The summed E-state index contributed by atoms with van der Waals surface area (Å²) in [4.78, 5) is 23.8. The smallest absolute Gasteiger partial charge is 0.404 e. The summed E-state index contributed by atoms with van der Waals surface area (Å²) >= 11 is 0. The molecular formula is C31H28F3N9O3. The van der Waals surface area contributed by atoms with Gasteiger partial charge in [0.05, 0.1) is 48.6 Å². The van der Waals surface area contributed by atoms with Crippen molar-refractivity contribution in [1.82, 2.24) is 25.1 Å². The number of hydrogen-bond acceptors (Lipinski definition) is 11. The molecule has 3 aliphatic rings. The van der Waals surface area contributed by atoms with E-state index < -0.39 is 23.9 Å². The first-order valence-corrected chi connectivity index (χ1v) is 14.5. The average Bonchev–Trinajstić information content (AvgIpc) is 3.64. The maximum absolute atomic E-state index is 13.3. The first kappa shape index (κ1) is 29.4. The van der Waals surface area contributed by atoms with Gasteiger partial charge >= 0.3 is 12.2 Å². The molecule has 4 aromatic rings. The Hall–Kier alpha value is -5.28. The van der Waals surface area contributed by atoms with Gasteiger partial charge in [0.25, 0.3) is 11.8 Å². The number of carbonyl (C=O) groups is 1. The number of pyridine rings is 1. The zero-order valence-corrected chi connectivity index (χ0v) is 24.5. The molecule has 15 heteroatoms. The van der Waals surface area contributed by atoms with E-state index in [2.05, 4.69) is 30.7 Å². The van der Waals surface area contributed by atoms with Crippen LogP contribution in [-0.2, 0) is 15.7 Å². The molecule has 0 saturated carbocycles. The number of amides is 1. The highest BCUT2D eigenvalue weighted by atomic mass is 19.4. The minimum absolute atomic E-state index is 0.0246. The van der Waals surface area contributed by atoms with E-state index in [0.717, 1.165) is 17.2 Å². The van der Waals surface area contributed by atoms with Crippen LogP contribution >= 0.6 is 0 Å². The van der Waals surface area contributed by atoms with Crippen LogP contribution in [0, 0.1) is 0 Å². The van der Waals surface area contributed by atoms with Gasteiger partial charge in [-0.3, -0.25) is 9.80 Å². The standard InChI is InChI=1S/C31H28F3N9O3/c1-41-18-22(29(42-13-15-45-16-14-42)43(41)20-11-12-24(35-17-20)31(32,33)34)28-39-40-30(46-28)38-26-27(44)36-23-10-6-5-9-21(23)25(37-26)19-7-3-2-4-8-19/h2-12,17,26H,13-16,18H2,1H3,(H,36,44)(H,38,40)/t26-/m1/s1. The Morgan fingerprint density at radius 3 is 2.48 bits per heavy atom. The molecule has 7 rings (SSSR count). The lowest BCUT2D eigenvalue weighted by Gasteiger charge is -2.37. The number of aromatic nitrogens is 3. The summed E-state index contributed by atoms with van der Waals surface area (Å²) in [5, 5.41) is 18.0. The Bertz CT molecular complexity index is 1800. The predicted octanol–water partition coefficient (Wildman–Crippen LogP) is 4.08. The number of nitrogens with one attached hydrogen (secondary N) is 2. The number of benzene rings is 2. The van der Waals surface area contributed by atoms with Crippen LogP contribution in [0.5, 0.6) is 0 Å². The second-order valence-corrected chi connectivity index (χ2v) is 10.8. The lowest BCUT2D eigenvalue weighted by Crippen LogP contribution is -2.44. The second-order valence-electron chi connectivity index (χ2n) is 10.8. The third-order valence-electron chi connectivity index (χ3n) is 7.73. The molecule has 3 aliphatic heterocycles. The van der Waals surface area contributed by atoms with Gasteiger partial charge in [-0.05, 0) is 18.2 Å². The molecule has 1 amide bonds. The molecule has 2 aromatic carbocycles. The maximum atomic E-state index is 13.3. The maximum Gasteiger partial charge on any atom is 0.433 e. The molecule has 0 aliphatic carbocycles. The number of alkyl halides is 3.